The van der Waals surface area contributed by atoms with E-state index in [1.54, 1.807) is 0 Å². The molecule has 1 N–H and O–H groups in total. The number of nitrogens with one attached hydrogen (secondary N) is 1. The van der Waals surface area contributed by atoms with Crippen LogP contribution in [0.3, 0.4) is 0 Å². The average molecular weight is 286 g/mol. The van der Waals surface area contributed by atoms with Gasteiger partial charge in [0, 0.05) is 11.5 Å². The van der Waals surface area contributed by atoms with Crippen LogP contribution < -0.4 is 5.32 Å². The summed E-state index contributed by atoms with van der Waals surface area (Å²) in [5.74, 6) is -3.43. The maximum atomic E-state index is 13.5. The number of hydrogen-bond acceptors (Lipinski definition) is 6. The molecular weight excluding hydrogens is 282 g/mol. The van der Waals surface area contributed by atoms with Gasteiger partial charge in [0.15, 0.2) is 0 Å². The summed E-state index contributed by atoms with van der Waals surface area (Å²) in [5.41, 5.74) is -1.68. The van der Waals surface area contributed by atoms with Gasteiger partial charge < -0.3 is 5.32 Å². The first kappa shape index (κ1) is 13.0. The van der Waals surface area contributed by atoms with Crippen molar-refractivity contribution in [1.29, 1.82) is 0 Å². The molecule has 0 fully saturated rings. The number of rotatable bonds is 3. The second-order valence-corrected chi connectivity index (χ2v) is 4.06. The second kappa shape index (κ2) is 5.02. The monoisotopic (exact) mass is 286 g/mol. The topological polar surface area (TPSA) is 98.0 Å². The lowest BCUT2D eigenvalue weighted by Crippen LogP contribution is -2.14. The largest absolute Gasteiger partial charge is 0.311 e. The zero-order valence-corrected chi connectivity index (χ0v) is 9.78. The lowest BCUT2D eigenvalue weighted by Gasteiger charge is -2.03. The standard InChI is InChI=1S/C9H4F2N4O3S/c10-5-2-7(15(17)18)6(11)1-4(5)9(16)13-8-3-12-14-19-8/h1-3H,(H,13,16). The molecule has 0 spiro atoms. The lowest BCUT2D eigenvalue weighted by atomic mass is 10.1. The van der Waals surface area contributed by atoms with Gasteiger partial charge in [0.1, 0.15) is 10.8 Å². The Morgan fingerprint density at radius 1 is 1.37 bits per heavy atom. The highest BCUT2D eigenvalue weighted by Crippen LogP contribution is 2.22. The van der Waals surface area contributed by atoms with Crippen molar-refractivity contribution in [3.63, 3.8) is 0 Å². The number of amides is 1. The summed E-state index contributed by atoms with van der Waals surface area (Å²) < 4.78 is 30.3. The summed E-state index contributed by atoms with van der Waals surface area (Å²) in [6.07, 6.45) is 1.22. The highest BCUT2D eigenvalue weighted by molar-refractivity contribution is 7.10. The van der Waals surface area contributed by atoms with Gasteiger partial charge in [-0.3, -0.25) is 14.9 Å². The quantitative estimate of drug-likeness (QED) is 0.687. The summed E-state index contributed by atoms with van der Waals surface area (Å²) in [5, 5.41) is 16.3. The Balaban J connectivity index is 2.32. The molecule has 1 aromatic heterocycles. The Bertz CT molecular complexity index is 647. The van der Waals surface area contributed by atoms with E-state index in [0.717, 1.165) is 11.5 Å². The van der Waals surface area contributed by atoms with Crippen LogP contribution in [0.4, 0.5) is 19.5 Å². The Labute approximate surface area is 108 Å². The maximum absolute atomic E-state index is 13.5. The predicted molar refractivity (Wildman–Crippen MR) is 60.9 cm³/mol. The van der Waals surface area contributed by atoms with Crippen LogP contribution in [0.15, 0.2) is 18.3 Å². The average Bonchev–Trinajstić information content (AvgIpc) is 2.83. The van der Waals surface area contributed by atoms with Crippen molar-refractivity contribution in [2.24, 2.45) is 0 Å². The van der Waals surface area contributed by atoms with Gasteiger partial charge in [-0.1, -0.05) is 4.49 Å². The molecule has 0 saturated heterocycles. The molecule has 1 amide bonds. The van der Waals surface area contributed by atoms with Gasteiger partial charge in [-0.15, -0.1) is 5.10 Å². The maximum Gasteiger partial charge on any atom is 0.307 e. The Hall–Kier alpha value is -2.49. The van der Waals surface area contributed by atoms with Crippen LogP contribution in [0.25, 0.3) is 0 Å². The number of aromatic nitrogens is 2. The number of nitrogens with zero attached hydrogens (tertiary/aromatic N) is 3. The molecule has 0 radical (unpaired) electrons. The van der Waals surface area contributed by atoms with E-state index in [-0.39, 0.29) is 5.00 Å². The van der Waals surface area contributed by atoms with E-state index in [9.17, 15) is 23.7 Å². The molecule has 0 bridgehead atoms. The van der Waals surface area contributed by atoms with Crippen molar-refractivity contribution in [2.75, 3.05) is 5.32 Å². The van der Waals surface area contributed by atoms with Gasteiger partial charge in [0.25, 0.3) is 5.91 Å². The summed E-state index contributed by atoms with van der Waals surface area (Å²) >= 11 is 0.847. The molecule has 0 saturated carbocycles. The molecule has 1 heterocycles. The number of anilines is 1. The Morgan fingerprint density at radius 3 is 2.68 bits per heavy atom. The van der Waals surface area contributed by atoms with E-state index in [4.69, 9.17) is 0 Å². The molecule has 2 aromatic rings. The molecule has 2 rings (SSSR count). The third-order valence-corrected chi connectivity index (χ3v) is 2.66. The van der Waals surface area contributed by atoms with Crippen LogP contribution >= 0.6 is 11.5 Å². The van der Waals surface area contributed by atoms with Gasteiger partial charge >= 0.3 is 5.69 Å². The first-order chi connectivity index (χ1) is 8.99. The molecule has 0 aliphatic rings. The molecule has 10 heteroatoms. The first-order valence-corrected chi connectivity index (χ1v) is 5.48. The normalized spacial score (nSPS) is 10.2. The molecule has 7 nitrogen and oxygen atoms in total. The molecule has 0 unspecified atom stereocenters. The van der Waals surface area contributed by atoms with Crippen LogP contribution in [0.2, 0.25) is 0 Å². The first-order valence-electron chi connectivity index (χ1n) is 4.71. The van der Waals surface area contributed by atoms with E-state index in [2.05, 4.69) is 14.9 Å². The number of nitro groups is 1. The van der Waals surface area contributed by atoms with Crippen molar-refractivity contribution in [2.45, 2.75) is 0 Å². The zero-order chi connectivity index (χ0) is 14.0. The van der Waals surface area contributed by atoms with Crippen molar-refractivity contribution in [1.82, 2.24) is 9.59 Å². The molecule has 19 heavy (non-hydrogen) atoms. The van der Waals surface area contributed by atoms with E-state index < -0.39 is 33.7 Å². The summed E-state index contributed by atoms with van der Waals surface area (Å²) in [6.45, 7) is 0. The van der Waals surface area contributed by atoms with E-state index in [1.165, 1.54) is 6.20 Å². The van der Waals surface area contributed by atoms with Crippen molar-refractivity contribution in [3.8, 4) is 0 Å². The number of carbonyl (C=O) groups excluding carboxylic acids is 1. The lowest BCUT2D eigenvalue weighted by molar-refractivity contribution is -0.387. The van der Waals surface area contributed by atoms with Crippen LogP contribution in [-0.4, -0.2) is 20.4 Å². The molecule has 98 valence electrons. The SMILES string of the molecule is O=C(Nc1cnns1)c1cc(F)c([N+](=O)[O-])cc1F. The summed E-state index contributed by atoms with van der Waals surface area (Å²) in [6, 6.07) is 0.826. The fraction of sp³-hybridized carbons (Fsp3) is 0. The minimum Gasteiger partial charge on any atom is -0.311 e. The van der Waals surface area contributed by atoms with Crippen LogP contribution in [0.5, 0.6) is 0 Å². The minimum absolute atomic E-state index is 0.239. The number of nitro benzene ring substituents is 1. The number of halogens is 2. The Morgan fingerprint density at radius 2 is 2.11 bits per heavy atom. The van der Waals surface area contributed by atoms with Gasteiger partial charge in [-0.2, -0.15) is 4.39 Å². The molecule has 0 aliphatic heterocycles. The van der Waals surface area contributed by atoms with E-state index in [0.29, 0.717) is 12.1 Å². The van der Waals surface area contributed by atoms with Crippen molar-refractivity contribution in [3.05, 3.63) is 45.6 Å². The summed E-state index contributed by atoms with van der Waals surface area (Å²) in [4.78, 5) is 20.9. The molecular formula is C9H4F2N4O3S. The minimum atomic E-state index is -1.29. The van der Waals surface area contributed by atoms with Gasteiger partial charge in [0.05, 0.1) is 22.7 Å². The third kappa shape index (κ3) is 2.68. The highest BCUT2D eigenvalue weighted by Gasteiger charge is 2.22. The fourth-order valence-corrected chi connectivity index (χ4v) is 1.67. The Kier molecular flexibility index (Phi) is 3.42. The second-order valence-electron chi connectivity index (χ2n) is 3.28. The third-order valence-electron chi connectivity index (χ3n) is 2.08. The van der Waals surface area contributed by atoms with E-state index >= 15 is 0 Å². The number of carbonyl (C=O) groups is 1. The van der Waals surface area contributed by atoms with Crippen molar-refractivity contribution < 1.29 is 18.5 Å². The highest BCUT2D eigenvalue weighted by atomic mass is 32.1. The van der Waals surface area contributed by atoms with Crippen LogP contribution in [0.1, 0.15) is 10.4 Å². The van der Waals surface area contributed by atoms with Crippen molar-refractivity contribution >= 4 is 28.1 Å². The smallest absolute Gasteiger partial charge is 0.307 e. The zero-order valence-electron chi connectivity index (χ0n) is 8.96. The number of benzene rings is 1. The van der Waals surface area contributed by atoms with Crippen LogP contribution in [-0.2, 0) is 0 Å². The van der Waals surface area contributed by atoms with Gasteiger partial charge in [-0.25, -0.2) is 4.39 Å². The number of hydrogen-bond donors (Lipinski definition) is 1. The molecule has 0 aliphatic carbocycles. The predicted octanol–water partition coefficient (Wildman–Crippen LogP) is 1.98. The molecule has 1 aromatic carbocycles. The van der Waals surface area contributed by atoms with Gasteiger partial charge in [0.2, 0.25) is 5.82 Å². The fourth-order valence-electron chi connectivity index (χ4n) is 1.25. The van der Waals surface area contributed by atoms with Gasteiger partial charge in [-0.05, 0) is 6.07 Å². The van der Waals surface area contributed by atoms with Crippen LogP contribution in [0, 0.1) is 21.7 Å². The van der Waals surface area contributed by atoms with E-state index in [1.807, 2.05) is 0 Å². The molecule has 0 atom stereocenters. The summed E-state index contributed by atoms with van der Waals surface area (Å²) in [7, 11) is 0.